The van der Waals surface area contributed by atoms with Gasteiger partial charge in [-0.25, -0.2) is 4.98 Å². The number of hydrogen-bond acceptors (Lipinski definition) is 5. The first-order valence-electron chi connectivity index (χ1n) is 6.43. The standard InChI is InChI=1S/C13H18N2O3S/c1-3-11-14-10(8-19-11)4-5-15-7-9(6-12(15)16)13(17)18-2/h8-9H,3-7H2,1-2H3. The summed E-state index contributed by atoms with van der Waals surface area (Å²) in [4.78, 5) is 29.4. The van der Waals surface area contributed by atoms with E-state index in [0.29, 0.717) is 13.1 Å². The number of aromatic nitrogens is 1. The summed E-state index contributed by atoms with van der Waals surface area (Å²) in [5.74, 6) is -0.571. The molecule has 0 bridgehead atoms. The second kappa shape index (κ2) is 6.14. The number of carbonyl (C=O) groups is 2. The monoisotopic (exact) mass is 282 g/mol. The van der Waals surface area contributed by atoms with Gasteiger partial charge in [-0.1, -0.05) is 6.92 Å². The van der Waals surface area contributed by atoms with Gasteiger partial charge in [0.1, 0.15) is 0 Å². The van der Waals surface area contributed by atoms with Crippen LogP contribution in [0.1, 0.15) is 24.0 Å². The van der Waals surface area contributed by atoms with E-state index in [2.05, 4.69) is 16.6 Å². The minimum absolute atomic E-state index is 0.0290. The van der Waals surface area contributed by atoms with Crippen LogP contribution in [0.5, 0.6) is 0 Å². The molecule has 1 amide bonds. The zero-order valence-corrected chi connectivity index (χ0v) is 12.0. The molecule has 1 aliphatic rings. The van der Waals surface area contributed by atoms with Crippen molar-refractivity contribution in [1.82, 2.24) is 9.88 Å². The van der Waals surface area contributed by atoms with E-state index in [4.69, 9.17) is 0 Å². The maximum atomic E-state index is 11.8. The summed E-state index contributed by atoms with van der Waals surface area (Å²) < 4.78 is 4.68. The Kier molecular flexibility index (Phi) is 4.52. The molecule has 104 valence electrons. The van der Waals surface area contributed by atoms with Crippen molar-refractivity contribution in [2.45, 2.75) is 26.2 Å². The van der Waals surface area contributed by atoms with Crippen LogP contribution in [0, 0.1) is 5.92 Å². The van der Waals surface area contributed by atoms with Crippen molar-refractivity contribution in [1.29, 1.82) is 0 Å². The van der Waals surface area contributed by atoms with E-state index in [1.807, 2.05) is 5.38 Å². The van der Waals surface area contributed by atoms with Gasteiger partial charge in [0.25, 0.3) is 0 Å². The Morgan fingerprint density at radius 2 is 2.42 bits per heavy atom. The topological polar surface area (TPSA) is 59.5 Å². The van der Waals surface area contributed by atoms with E-state index in [1.54, 1.807) is 16.2 Å². The van der Waals surface area contributed by atoms with Crippen LogP contribution in [0.2, 0.25) is 0 Å². The van der Waals surface area contributed by atoms with Gasteiger partial charge in [0.05, 0.1) is 23.7 Å². The van der Waals surface area contributed by atoms with Crippen molar-refractivity contribution >= 4 is 23.2 Å². The van der Waals surface area contributed by atoms with Gasteiger partial charge in [-0.05, 0) is 6.42 Å². The smallest absolute Gasteiger partial charge is 0.310 e. The van der Waals surface area contributed by atoms with Gasteiger partial charge < -0.3 is 9.64 Å². The molecule has 1 unspecified atom stereocenters. The molecular weight excluding hydrogens is 264 g/mol. The molecule has 0 spiro atoms. The molecule has 0 radical (unpaired) electrons. The second-order valence-corrected chi connectivity index (χ2v) is 5.54. The highest BCUT2D eigenvalue weighted by Crippen LogP contribution is 2.19. The zero-order chi connectivity index (χ0) is 13.8. The van der Waals surface area contributed by atoms with Crippen LogP contribution in [-0.2, 0) is 27.2 Å². The Hall–Kier alpha value is -1.43. The van der Waals surface area contributed by atoms with Crippen LogP contribution in [0.4, 0.5) is 0 Å². The fraction of sp³-hybridized carbons (Fsp3) is 0.615. The summed E-state index contributed by atoms with van der Waals surface area (Å²) in [6.45, 7) is 3.17. The third kappa shape index (κ3) is 3.32. The maximum Gasteiger partial charge on any atom is 0.310 e. The molecule has 6 heteroatoms. The number of thiazole rings is 1. The Bertz CT molecular complexity index is 472. The zero-order valence-electron chi connectivity index (χ0n) is 11.2. The lowest BCUT2D eigenvalue weighted by Crippen LogP contribution is -2.28. The average Bonchev–Trinajstić information content (AvgIpc) is 3.02. The van der Waals surface area contributed by atoms with Crippen molar-refractivity contribution in [2.24, 2.45) is 5.92 Å². The molecule has 0 N–H and O–H groups in total. The number of carbonyl (C=O) groups excluding carboxylic acids is 2. The van der Waals surface area contributed by atoms with Gasteiger partial charge >= 0.3 is 5.97 Å². The lowest BCUT2D eigenvalue weighted by molar-refractivity contribution is -0.145. The number of nitrogens with zero attached hydrogens (tertiary/aromatic N) is 2. The molecule has 1 fully saturated rings. The van der Waals surface area contributed by atoms with Crippen LogP contribution in [-0.4, -0.2) is 42.0 Å². The SMILES string of the molecule is CCc1nc(CCN2CC(C(=O)OC)CC2=O)cs1. The number of hydrogen-bond donors (Lipinski definition) is 0. The predicted molar refractivity (Wildman–Crippen MR) is 71.9 cm³/mol. The summed E-state index contributed by atoms with van der Waals surface area (Å²) in [6.07, 6.45) is 1.96. The van der Waals surface area contributed by atoms with Gasteiger partial charge in [0.15, 0.2) is 0 Å². The minimum atomic E-state index is -0.306. The van der Waals surface area contributed by atoms with Gasteiger partial charge in [-0.15, -0.1) is 11.3 Å². The molecule has 1 aromatic heterocycles. The van der Waals surface area contributed by atoms with E-state index in [-0.39, 0.29) is 24.2 Å². The summed E-state index contributed by atoms with van der Waals surface area (Å²) >= 11 is 1.65. The number of amides is 1. The van der Waals surface area contributed by atoms with E-state index in [1.165, 1.54) is 7.11 Å². The van der Waals surface area contributed by atoms with E-state index in [0.717, 1.165) is 23.5 Å². The fourth-order valence-corrected chi connectivity index (χ4v) is 2.97. The highest BCUT2D eigenvalue weighted by Gasteiger charge is 2.34. The minimum Gasteiger partial charge on any atom is -0.469 e. The van der Waals surface area contributed by atoms with Crippen molar-refractivity contribution < 1.29 is 14.3 Å². The Labute approximate surface area is 116 Å². The lowest BCUT2D eigenvalue weighted by atomic mass is 10.1. The second-order valence-electron chi connectivity index (χ2n) is 4.60. The van der Waals surface area contributed by atoms with E-state index in [9.17, 15) is 9.59 Å². The number of methoxy groups -OCH3 is 1. The van der Waals surface area contributed by atoms with E-state index >= 15 is 0 Å². The lowest BCUT2D eigenvalue weighted by Gasteiger charge is -2.15. The van der Waals surface area contributed by atoms with Crippen molar-refractivity contribution in [3.05, 3.63) is 16.1 Å². The van der Waals surface area contributed by atoms with Gasteiger partial charge in [0, 0.05) is 31.3 Å². The van der Waals surface area contributed by atoms with Gasteiger partial charge in [-0.2, -0.15) is 0 Å². The molecule has 1 aliphatic heterocycles. The van der Waals surface area contributed by atoms with Crippen LogP contribution in [0.3, 0.4) is 0 Å². The van der Waals surface area contributed by atoms with Crippen LogP contribution in [0.15, 0.2) is 5.38 Å². The first-order chi connectivity index (χ1) is 9.13. The van der Waals surface area contributed by atoms with Crippen LogP contribution < -0.4 is 0 Å². The number of ether oxygens (including phenoxy) is 1. The normalized spacial score (nSPS) is 18.9. The average molecular weight is 282 g/mol. The third-order valence-corrected chi connectivity index (χ3v) is 4.33. The van der Waals surface area contributed by atoms with Crippen molar-refractivity contribution in [3.8, 4) is 0 Å². The molecule has 0 aromatic carbocycles. The Balaban J connectivity index is 1.86. The summed E-state index contributed by atoms with van der Waals surface area (Å²) in [6, 6.07) is 0. The molecule has 2 heterocycles. The Morgan fingerprint density at radius 1 is 1.63 bits per heavy atom. The molecule has 1 aromatic rings. The van der Waals surface area contributed by atoms with Crippen molar-refractivity contribution in [3.63, 3.8) is 0 Å². The highest BCUT2D eigenvalue weighted by molar-refractivity contribution is 7.09. The molecule has 19 heavy (non-hydrogen) atoms. The molecule has 0 saturated carbocycles. The van der Waals surface area contributed by atoms with Gasteiger partial charge in [0.2, 0.25) is 5.91 Å². The number of likely N-dealkylation sites (tertiary alicyclic amines) is 1. The van der Waals surface area contributed by atoms with Crippen molar-refractivity contribution in [2.75, 3.05) is 20.2 Å². The quantitative estimate of drug-likeness (QED) is 0.763. The third-order valence-electron chi connectivity index (χ3n) is 3.29. The molecule has 2 rings (SSSR count). The predicted octanol–water partition coefficient (Wildman–Crippen LogP) is 1.27. The first-order valence-corrected chi connectivity index (χ1v) is 7.30. The molecular formula is C13H18N2O3S. The fourth-order valence-electron chi connectivity index (χ4n) is 2.19. The van der Waals surface area contributed by atoms with Gasteiger partial charge in [-0.3, -0.25) is 9.59 Å². The van der Waals surface area contributed by atoms with Crippen LogP contribution >= 0.6 is 11.3 Å². The number of aryl methyl sites for hydroxylation is 1. The molecule has 1 atom stereocenters. The number of esters is 1. The maximum absolute atomic E-state index is 11.8. The summed E-state index contributed by atoms with van der Waals surface area (Å²) in [5, 5.41) is 3.16. The Morgan fingerprint density at radius 3 is 3.05 bits per heavy atom. The highest BCUT2D eigenvalue weighted by atomic mass is 32.1. The molecule has 0 aliphatic carbocycles. The summed E-state index contributed by atoms with van der Waals surface area (Å²) in [5.41, 5.74) is 1.02. The first kappa shape index (κ1) is 14.0. The molecule has 5 nitrogen and oxygen atoms in total. The number of rotatable bonds is 5. The summed E-state index contributed by atoms with van der Waals surface area (Å²) in [7, 11) is 1.36. The van der Waals surface area contributed by atoms with E-state index < -0.39 is 0 Å². The largest absolute Gasteiger partial charge is 0.469 e. The van der Waals surface area contributed by atoms with Crippen LogP contribution in [0.25, 0.3) is 0 Å². The molecule has 1 saturated heterocycles.